The van der Waals surface area contributed by atoms with E-state index in [1.54, 1.807) is 26.1 Å². The quantitative estimate of drug-likeness (QED) is 0.641. The number of H-pyrrole nitrogens is 1. The molecule has 1 aromatic heterocycles. The van der Waals surface area contributed by atoms with Gasteiger partial charge in [-0.05, 0) is 66.8 Å². The number of carbonyl (C=O) groups is 1. The Labute approximate surface area is 178 Å². The normalized spacial score (nSPS) is 17.0. The third-order valence-corrected chi connectivity index (χ3v) is 6.15. The molecule has 1 N–H and O–H groups in total. The lowest BCUT2D eigenvalue weighted by Crippen LogP contribution is -2.33. The molecular weight excluding hydrogens is 374 g/mol. The fourth-order valence-electron chi connectivity index (χ4n) is 4.50. The number of aromatic amines is 1. The van der Waals surface area contributed by atoms with Crippen molar-refractivity contribution >= 4 is 16.8 Å². The lowest BCUT2D eigenvalue weighted by atomic mass is 9.98. The molecular formula is C25H31N3O2. The highest BCUT2D eigenvalue weighted by atomic mass is 16.5. The van der Waals surface area contributed by atoms with Gasteiger partial charge >= 0.3 is 0 Å². The van der Waals surface area contributed by atoms with Crippen LogP contribution in [0, 0.1) is 0 Å². The number of likely N-dealkylation sites (tertiary alicyclic amines) is 1. The summed E-state index contributed by atoms with van der Waals surface area (Å²) in [6.07, 6.45) is 5.71. The van der Waals surface area contributed by atoms with E-state index in [1.165, 1.54) is 23.8 Å². The summed E-state index contributed by atoms with van der Waals surface area (Å²) in [6, 6.07) is 15.0. The number of hydrogen-bond donors (Lipinski definition) is 1. The van der Waals surface area contributed by atoms with Gasteiger partial charge in [-0.1, -0.05) is 18.2 Å². The second kappa shape index (κ2) is 9.02. The van der Waals surface area contributed by atoms with Gasteiger partial charge < -0.3 is 14.6 Å². The van der Waals surface area contributed by atoms with Crippen molar-refractivity contribution in [1.29, 1.82) is 0 Å². The fraction of sp³-hybridized carbons (Fsp3) is 0.400. The second-order valence-corrected chi connectivity index (χ2v) is 8.38. The number of nitrogens with zero attached hydrogens (tertiary/aromatic N) is 2. The molecule has 1 saturated heterocycles. The van der Waals surface area contributed by atoms with Gasteiger partial charge in [0.05, 0.1) is 6.61 Å². The van der Waals surface area contributed by atoms with Gasteiger partial charge in [-0.2, -0.15) is 0 Å². The Bertz CT molecular complexity index is 1020. The molecule has 2 heterocycles. The summed E-state index contributed by atoms with van der Waals surface area (Å²) in [5.41, 5.74) is 5.45. The number of methoxy groups -OCH3 is 1. The largest absolute Gasteiger partial charge is 0.383 e. The van der Waals surface area contributed by atoms with Crippen LogP contribution in [0.5, 0.6) is 0 Å². The molecule has 4 rings (SSSR count). The molecule has 1 atom stereocenters. The molecule has 0 saturated carbocycles. The molecule has 30 heavy (non-hydrogen) atoms. The average Bonchev–Trinajstić information content (AvgIpc) is 3.38. The van der Waals surface area contributed by atoms with Crippen LogP contribution in [-0.4, -0.2) is 67.6 Å². The van der Waals surface area contributed by atoms with Gasteiger partial charge in [0.25, 0.3) is 5.91 Å². The number of hydrogen-bond acceptors (Lipinski definition) is 3. The standard InChI is InChI=1S/C25H31N3O2/c1-27(2)25(29)20-7-4-6-18(14-20)19-9-10-24-23(16-19)21(17-26-24)15-22-8-5-11-28(22)12-13-30-3/h4,6-7,9-10,14,16-17,22,26H,5,8,11-13,15H2,1-3H3/t22-/m1/s1. The number of fused-ring (bicyclic) bond motifs is 1. The molecule has 1 aliphatic heterocycles. The van der Waals surface area contributed by atoms with Gasteiger partial charge in [-0.25, -0.2) is 0 Å². The number of carbonyl (C=O) groups excluding carboxylic acids is 1. The molecule has 0 bridgehead atoms. The maximum atomic E-state index is 12.4. The second-order valence-electron chi connectivity index (χ2n) is 8.38. The van der Waals surface area contributed by atoms with Crippen LogP contribution in [0.1, 0.15) is 28.8 Å². The van der Waals surface area contributed by atoms with E-state index in [-0.39, 0.29) is 5.91 Å². The van der Waals surface area contributed by atoms with Crippen LogP contribution in [0.2, 0.25) is 0 Å². The molecule has 2 aromatic carbocycles. The Hall–Kier alpha value is -2.63. The van der Waals surface area contributed by atoms with E-state index in [4.69, 9.17) is 4.74 Å². The zero-order valence-electron chi connectivity index (χ0n) is 18.1. The van der Waals surface area contributed by atoms with Crippen molar-refractivity contribution in [3.05, 3.63) is 59.8 Å². The Kier molecular flexibility index (Phi) is 6.21. The number of amides is 1. The van der Waals surface area contributed by atoms with Crippen LogP contribution in [0.3, 0.4) is 0 Å². The summed E-state index contributed by atoms with van der Waals surface area (Å²) < 4.78 is 5.29. The number of ether oxygens (including phenoxy) is 1. The topological polar surface area (TPSA) is 48.6 Å². The molecule has 1 amide bonds. The lowest BCUT2D eigenvalue weighted by Gasteiger charge is -2.23. The third-order valence-electron chi connectivity index (χ3n) is 6.15. The molecule has 0 aliphatic carbocycles. The highest BCUT2D eigenvalue weighted by molar-refractivity contribution is 5.95. The van der Waals surface area contributed by atoms with E-state index < -0.39 is 0 Å². The summed E-state index contributed by atoms with van der Waals surface area (Å²) in [4.78, 5) is 20.0. The molecule has 3 aromatic rings. The minimum Gasteiger partial charge on any atom is -0.383 e. The molecule has 1 aliphatic rings. The fourth-order valence-corrected chi connectivity index (χ4v) is 4.50. The summed E-state index contributed by atoms with van der Waals surface area (Å²) in [6.45, 7) is 2.95. The molecule has 158 valence electrons. The maximum Gasteiger partial charge on any atom is 0.253 e. The van der Waals surface area contributed by atoms with Gasteiger partial charge in [-0.15, -0.1) is 0 Å². The van der Waals surface area contributed by atoms with Crippen molar-refractivity contribution in [2.24, 2.45) is 0 Å². The third kappa shape index (κ3) is 4.27. The summed E-state index contributed by atoms with van der Waals surface area (Å²) in [5.74, 6) is 0.0256. The predicted octanol–water partition coefficient (Wildman–Crippen LogP) is 4.19. The first-order valence-corrected chi connectivity index (χ1v) is 10.7. The van der Waals surface area contributed by atoms with Crippen LogP contribution >= 0.6 is 0 Å². The number of aromatic nitrogens is 1. The van der Waals surface area contributed by atoms with Gasteiger partial charge in [0.15, 0.2) is 0 Å². The van der Waals surface area contributed by atoms with E-state index >= 15 is 0 Å². The zero-order valence-corrected chi connectivity index (χ0v) is 18.1. The van der Waals surface area contributed by atoms with Crippen LogP contribution in [0.15, 0.2) is 48.7 Å². The van der Waals surface area contributed by atoms with Gasteiger partial charge in [0, 0.05) is 56.5 Å². The Balaban J connectivity index is 1.61. The monoisotopic (exact) mass is 405 g/mol. The highest BCUT2D eigenvalue weighted by Gasteiger charge is 2.25. The Morgan fingerprint density at radius 2 is 2.03 bits per heavy atom. The lowest BCUT2D eigenvalue weighted by molar-refractivity contribution is 0.0827. The van der Waals surface area contributed by atoms with Crippen LogP contribution in [-0.2, 0) is 11.2 Å². The highest BCUT2D eigenvalue weighted by Crippen LogP contribution is 2.30. The van der Waals surface area contributed by atoms with Crippen molar-refractivity contribution in [2.75, 3.05) is 40.9 Å². The molecule has 0 spiro atoms. The molecule has 0 radical (unpaired) electrons. The van der Waals surface area contributed by atoms with Crippen molar-refractivity contribution in [2.45, 2.75) is 25.3 Å². The molecule has 5 nitrogen and oxygen atoms in total. The van der Waals surface area contributed by atoms with Gasteiger partial charge in [-0.3, -0.25) is 9.69 Å². The first kappa shape index (κ1) is 20.6. The van der Waals surface area contributed by atoms with E-state index in [9.17, 15) is 4.79 Å². The smallest absolute Gasteiger partial charge is 0.253 e. The first-order chi connectivity index (χ1) is 14.6. The minimum atomic E-state index is 0.0256. The molecule has 1 fully saturated rings. The summed E-state index contributed by atoms with van der Waals surface area (Å²) in [5, 5.41) is 1.27. The summed E-state index contributed by atoms with van der Waals surface area (Å²) >= 11 is 0. The first-order valence-electron chi connectivity index (χ1n) is 10.7. The van der Waals surface area contributed by atoms with Gasteiger partial charge in [0.1, 0.15) is 0 Å². The summed E-state index contributed by atoms with van der Waals surface area (Å²) in [7, 11) is 5.34. The van der Waals surface area contributed by atoms with Crippen LogP contribution < -0.4 is 0 Å². The zero-order chi connectivity index (χ0) is 21.1. The molecule has 5 heteroatoms. The van der Waals surface area contributed by atoms with E-state index in [1.807, 2.05) is 18.2 Å². The SMILES string of the molecule is COCCN1CCC[C@@H]1Cc1c[nH]c2ccc(-c3cccc(C(=O)N(C)C)c3)cc12. The van der Waals surface area contributed by atoms with Crippen molar-refractivity contribution in [3.63, 3.8) is 0 Å². The average molecular weight is 406 g/mol. The van der Waals surface area contributed by atoms with Crippen molar-refractivity contribution in [3.8, 4) is 11.1 Å². The number of nitrogens with one attached hydrogen (secondary N) is 1. The predicted molar refractivity (Wildman–Crippen MR) is 122 cm³/mol. The van der Waals surface area contributed by atoms with E-state index in [2.05, 4.69) is 40.3 Å². The Morgan fingerprint density at radius 3 is 2.83 bits per heavy atom. The Morgan fingerprint density at radius 1 is 1.20 bits per heavy atom. The van der Waals surface area contributed by atoms with Crippen LogP contribution in [0.4, 0.5) is 0 Å². The minimum absolute atomic E-state index is 0.0256. The number of benzene rings is 2. The molecule has 0 unspecified atom stereocenters. The van der Waals surface area contributed by atoms with Crippen molar-refractivity contribution < 1.29 is 9.53 Å². The van der Waals surface area contributed by atoms with Gasteiger partial charge in [0.2, 0.25) is 0 Å². The van der Waals surface area contributed by atoms with Crippen LogP contribution in [0.25, 0.3) is 22.0 Å². The van der Waals surface area contributed by atoms with Crippen molar-refractivity contribution in [1.82, 2.24) is 14.8 Å². The number of rotatable bonds is 7. The van der Waals surface area contributed by atoms with E-state index in [0.717, 1.165) is 42.8 Å². The maximum absolute atomic E-state index is 12.4. The van der Waals surface area contributed by atoms with E-state index in [0.29, 0.717) is 11.6 Å².